The third-order valence-electron chi connectivity index (χ3n) is 4.81. The van der Waals surface area contributed by atoms with Crippen molar-refractivity contribution in [1.82, 2.24) is 9.80 Å². The Morgan fingerprint density at radius 1 is 1.10 bits per heavy atom. The number of hydrogen-bond donors (Lipinski definition) is 1. The first-order valence-electron chi connectivity index (χ1n) is 7.71. The van der Waals surface area contributed by atoms with E-state index in [4.69, 9.17) is 10.5 Å². The highest BCUT2D eigenvalue weighted by Crippen LogP contribution is 2.23. The molecule has 0 spiro atoms. The lowest BCUT2D eigenvalue weighted by Gasteiger charge is -2.44. The Balaban J connectivity index is 1.54. The molecule has 0 aromatic carbocycles. The SMILES string of the molecule is NC1CN=CC(F)C1N1CCC(N2CCOCC2)CC1. The van der Waals surface area contributed by atoms with Crippen molar-refractivity contribution < 1.29 is 9.13 Å². The fraction of sp³-hybridized carbons (Fsp3) is 0.929. The number of halogens is 1. The van der Waals surface area contributed by atoms with Gasteiger partial charge in [0.25, 0.3) is 0 Å². The van der Waals surface area contributed by atoms with Crippen LogP contribution >= 0.6 is 0 Å². The molecule has 3 rings (SSSR count). The minimum absolute atomic E-state index is 0.171. The van der Waals surface area contributed by atoms with Crippen molar-refractivity contribution in [2.45, 2.75) is 37.1 Å². The van der Waals surface area contributed by atoms with E-state index < -0.39 is 6.17 Å². The molecule has 0 radical (unpaired) electrons. The zero-order valence-electron chi connectivity index (χ0n) is 12.0. The third-order valence-corrected chi connectivity index (χ3v) is 4.81. The molecule has 114 valence electrons. The molecule has 0 aliphatic carbocycles. The Bertz CT molecular complexity index is 340. The Hall–Kier alpha value is -0.560. The Morgan fingerprint density at radius 3 is 2.45 bits per heavy atom. The van der Waals surface area contributed by atoms with Gasteiger partial charge in [0.05, 0.1) is 25.8 Å². The summed E-state index contributed by atoms with van der Waals surface area (Å²) >= 11 is 0. The van der Waals surface area contributed by atoms with E-state index in [0.29, 0.717) is 12.6 Å². The first-order valence-corrected chi connectivity index (χ1v) is 7.71. The second kappa shape index (κ2) is 6.47. The van der Waals surface area contributed by atoms with Gasteiger partial charge in [-0.2, -0.15) is 0 Å². The maximum absolute atomic E-state index is 14.0. The number of ether oxygens (including phenoxy) is 1. The molecule has 2 N–H and O–H groups in total. The second-order valence-electron chi connectivity index (χ2n) is 6.03. The summed E-state index contributed by atoms with van der Waals surface area (Å²) in [6.07, 6.45) is 2.63. The zero-order valence-corrected chi connectivity index (χ0v) is 12.0. The fourth-order valence-electron chi connectivity index (χ4n) is 3.68. The van der Waals surface area contributed by atoms with Crippen LogP contribution in [0.2, 0.25) is 0 Å². The van der Waals surface area contributed by atoms with E-state index in [1.54, 1.807) is 0 Å². The molecular weight excluding hydrogens is 259 g/mol. The third kappa shape index (κ3) is 3.03. The van der Waals surface area contributed by atoms with Crippen LogP contribution in [0.25, 0.3) is 0 Å². The topological polar surface area (TPSA) is 54.1 Å². The van der Waals surface area contributed by atoms with Crippen molar-refractivity contribution in [3.63, 3.8) is 0 Å². The van der Waals surface area contributed by atoms with Gasteiger partial charge in [0.1, 0.15) is 0 Å². The minimum Gasteiger partial charge on any atom is -0.379 e. The van der Waals surface area contributed by atoms with E-state index in [-0.39, 0.29) is 12.1 Å². The molecule has 3 heterocycles. The van der Waals surface area contributed by atoms with Crippen LogP contribution in [0.3, 0.4) is 0 Å². The number of hydrogen-bond acceptors (Lipinski definition) is 5. The van der Waals surface area contributed by atoms with Crippen molar-refractivity contribution >= 4 is 6.21 Å². The van der Waals surface area contributed by atoms with Crippen LogP contribution in [0.1, 0.15) is 12.8 Å². The lowest BCUT2D eigenvalue weighted by molar-refractivity contribution is -0.00799. The predicted molar refractivity (Wildman–Crippen MR) is 77.0 cm³/mol. The number of morpholine rings is 1. The summed E-state index contributed by atoms with van der Waals surface area (Å²) in [4.78, 5) is 8.76. The smallest absolute Gasteiger partial charge is 0.152 e. The monoisotopic (exact) mass is 284 g/mol. The van der Waals surface area contributed by atoms with Gasteiger partial charge in [-0.05, 0) is 12.8 Å². The fourth-order valence-corrected chi connectivity index (χ4v) is 3.68. The maximum Gasteiger partial charge on any atom is 0.152 e. The summed E-state index contributed by atoms with van der Waals surface area (Å²) in [7, 11) is 0. The summed E-state index contributed by atoms with van der Waals surface area (Å²) < 4.78 is 19.4. The lowest BCUT2D eigenvalue weighted by atomic mass is 9.95. The van der Waals surface area contributed by atoms with Gasteiger partial charge < -0.3 is 10.5 Å². The average Bonchev–Trinajstić information content (AvgIpc) is 2.49. The normalized spacial score (nSPS) is 38.2. The van der Waals surface area contributed by atoms with Crippen molar-refractivity contribution in [2.24, 2.45) is 10.7 Å². The van der Waals surface area contributed by atoms with Crippen molar-refractivity contribution in [3.05, 3.63) is 0 Å². The molecule has 3 aliphatic rings. The van der Waals surface area contributed by atoms with Crippen LogP contribution in [0.4, 0.5) is 4.39 Å². The van der Waals surface area contributed by atoms with Gasteiger partial charge in [-0.15, -0.1) is 0 Å². The molecule has 20 heavy (non-hydrogen) atoms. The first kappa shape index (κ1) is 14.4. The number of likely N-dealkylation sites (tertiary alicyclic amines) is 1. The number of nitrogens with two attached hydrogens (primary N) is 1. The van der Waals surface area contributed by atoms with E-state index in [1.807, 2.05) is 0 Å². The van der Waals surface area contributed by atoms with Crippen LogP contribution in [0.15, 0.2) is 4.99 Å². The van der Waals surface area contributed by atoms with E-state index in [2.05, 4.69) is 14.8 Å². The summed E-state index contributed by atoms with van der Waals surface area (Å²) in [6, 6.07) is 0.273. The highest BCUT2D eigenvalue weighted by molar-refractivity contribution is 5.65. The maximum atomic E-state index is 14.0. The largest absolute Gasteiger partial charge is 0.379 e. The first-order chi connectivity index (χ1) is 9.75. The van der Waals surface area contributed by atoms with Gasteiger partial charge >= 0.3 is 0 Å². The van der Waals surface area contributed by atoms with Crippen molar-refractivity contribution in [3.8, 4) is 0 Å². The summed E-state index contributed by atoms with van der Waals surface area (Å²) in [5.74, 6) is 0. The molecule has 0 aromatic heterocycles. The second-order valence-corrected chi connectivity index (χ2v) is 6.03. The molecule has 3 aliphatic heterocycles. The molecule has 3 atom stereocenters. The Kier molecular flexibility index (Phi) is 4.65. The minimum atomic E-state index is -1.02. The van der Waals surface area contributed by atoms with Crippen LogP contribution in [0.5, 0.6) is 0 Å². The van der Waals surface area contributed by atoms with E-state index >= 15 is 0 Å². The summed E-state index contributed by atoms with van der Waals surface area (Å²) in [5.41, 5.74) is 6.06. The molecule has 6 heteroatoms. The summed E-state index contributed by atoms with van der Waals surface area (Å²) in [6.45, 7) is 6.18. The highest BCUT2D eigenvalue weighted by Gasteiger charge is 2.37. The van der Waals surface area contributed by atoms with Gasteiger partial charge in [-0.25, -0.2) is 4.39 Å². The summed E-state index contributed by atoms with van der Waals surface area (Å²) in [5, 5.41) is 0. The molecule has 5 nitrogen and oxygen atoms in total. The van der Waals surface area contributed by atoms with Gasteiger partial charge in [0.2, 0.25) is 0 Å². The van der Waals surface area contributed by atoms with Crippen molar-refractivity contribution in [1.29, 1.82) is 0 Å². The zero-order chi connectivity index (χ0) is 13.9. The molecule has 0 aromatic rings. The van der Waals surface area contributed by atoms with E-state index in [1.165, 1.54) is 6.21 Å². The average molecular weight is 284 g/mol. The van der Waals surface area contributed by atoms with Gasteiger partial charge in [0, 0.05) is 44.5 Å². The quantitative estimate of drug-likeness (QED) is 0.769. The Labute approximate surface area is 119 Å². The van der Waals surface area contributed by atoms with Crippen LogP contribution in [-0.2, 0) is 4.74 Å². The number of rotatable bonds is 2. The molecular formula is C14H25FN4O. The van der Waals surface area contributed by atoms with E-state index in [9.17, 15) is 4.39 Å². The van der Waals surface area contributed by atoms with Crippen molar-refractivity contribution in [2.75, 3.05) is 45.9 Å². The Morgan fingerprint density at radius 2 is 1.80 bits per heavy atom. The number of nitrogens with zero attached hydrogens (tertiary/aromatic N) is 3. The molecule has 2 saturated heterocycles. The lowest BCUT2D eigenvalue weighted by Crippen LogP contribution is -2.60. The van der Waals surface area contributed by atoms with E-state index in [0.717, 1.165) is 52.2 Å². The molecule has 0 saturated carbocycles. The van der Waals surface area contributed by atoms with Crippen LogP contribution in [-0.4, -0.2) is 86.2 Å². The standard InChI is InChI=1S/C14H25FN4O/c15-12-9-17-10-13(16)14(12)19-3-1-11(2-4-19)18-5-7-20-8-6-18/h9,11-14H,1-8,10,16H2. The highest BCUT2D eigenvalue weighted by atomic mass is 19.1. The number of aliphatic imine (C=N–C) groups is 1. The van der Waals surface area contributed by atoms with Gasteiger partial charge in [-0.1, -0.05) is 0 Å². The molecule has 2 fully saturated rings. The van der Waals surface area contributed by atoms with Crippen LogP contribution in [0, 0.1) is 0 Å². The van der Waals surface area contributed by atoms with Crippen LogP contribution < -0.4 is 5.73 Å². The molecule has 0 bridgehead atoms. The molecule has 3 unspecified atom stereocenters. The van der Waals surface area contributed by atoms with Gasteiger partial charge in [0.15, 0.2) is 6.17 Å². The number of alkyl halides is 1. The molecule has 0 amide bonds. The predicted octanol–water partition coefficient (Wildman–Crippen LogP) is -0.0986. The van der Waals surface area contributed by atoms with Gasteiger partial charge in [-0.3, -0.25) is 14.8 Å². The number of piperidine rings is 1.